The molecule has 1 saturated carbocycles. The number of oxime groups is 1. The smallest absolute Gasteiger partial charge is 0.285 e. The van der Waals surface area contributed by atoms with E-state index in [1.807, 2.05) is 17.0 Å². The number of hydrogen-bond acceptors (Lipinski definition) is 4. The molecule has 4 rings (SSSR count). The molecule has 0 spiro atoms. The normalized spacial score (nSPS) is 15.9. The Morgan fingerprint density at radius 1 is 0.857 bits per heavy atom. The van der Waals surface area contributed by atoms with E-state index in [1.54, 1.807) is 0 Å². The number of hydrogen-bond donors (Lipinski definition) is 1. The Morgan fingerprint density at radius 3 is 2.11 bits per heavy atom. The molecule has 0 bridgehead atoms. The molecule has 1 aliphatic heterocycles. The second-order valence-corrected chi connectivity index (χ2v) is 7.38. The van der Waals surface area contributed by atoms with E-state index in [2.05, 4.69) is 41.6 Å². The Bertz CT molecular complexity index is 807. The minimum atomic E-state index is 0.181. The van der Waals surface area contributed by atoms with Gasteiger partial charge in [0.25, 0.3) is 6.02 Å². The van der Waals surface area contributed by atoms with Crippen LogP contribution >= 0.6 is 0 Å². The highest BCUT2D eigenvalue weighted by molar-refractivity contribution is 5.84. The molecule has 1 heterocycles. The summed E-state index contributed by atoms with van der Waals surface area (Å²) >= 11 is 0. The van der Waals surface area contributed by atoms with Crippen LogP contribution in [0.4, 0.5) is 0 Å². The largest absolute Gasteiger partial charge is 0.462 e. The molecule has 2 aromatic rings. The molecular formula is C23H27N3O2. The van der Waals surface area contributed by atoms with Gasteiger partial charge in [-0.15, -0.1) is 0 Å². The van der Waals surface area contributed by atoms with E-state index in [4.69, 9.17) is 15.0 Å². The topological polar surface area (TPSA) is 57.9 Å². The maximum Gasteiger partial charge on any atom is 0.285 e. The molecule has 5 nitrogen and oxygen atoms in total. The number of nitrogens with zero attached hydrogens (tertiary/aromatic N) is 2. The fourth-order valence-corrected chi connectivity index (χ4v) is 3.91. The number of benzene rings is 2. The van der Waals surface area contributed by atoms with Crippen LogP contribution in [0.3, 0.4) is 0 Å². The summed E-state index contributed by atoms with van der Waals surface area (Å²) in [6.45, 7) is 2.02. The zero-order chi connectivity index (χ0) is 19.2. The molecule has 2 aromatic carbocycles. The number of fused-ring (bicyclic) bond motifs is 3. The highest BCUT2D eigenvalue weighted by Crippen LogP contribution is 2.32. The summed E-state index contributed by atoms with van der Waals surface area (Å²) in [7, 11) is 0. The fourth-order valence-electron chi connectivity index (χ4n) is 3.91. The molecule has 146 valence electrons. The highest BCUT2D eigenvalue weighted by Gasteiger charge is 2.21. The Kier molecular flexibility index (Phi) is 5.90. The van der Waals surface area contributed by atoms with Gasteiger partial charge < -0.3 is 14.5 Å². The van der Waals surface area contributed by atoms with Crippen molar-refractivity contribution in [3.05, 3.63) is 59.7 Å². The Balaban J connectivity index is 1.36. The van der Waals surface area contributed by atoms with Crippen LogP contribution < -0.4 is 0 Å². The van der Waals surface area contributed by atoms with Crippen LogP contribution in [-0.2, 0) is 22.7 Å². The van der Waals surface area contributed by atoms with Gasteiger partial charge in [-0.3, -0.25) is 5.41 Å². The molecule has 28 heavy (non-hydrogen) atoms. The summed E-state index contributed by atoms with van der Waals surface area (Å²) in [6.07, 6.45) is 5.80. The van der Waals surface area contributed by atoms with Crippen molar-refractivity contribution in [1.29, 1.82) is 5.41 Å². The van der Waals surface area contributed by atoms with Crippen molar-refractivity contribution < 1.29 is 9.57 Å². The van der Waals surface area contributed by atoms with Crippen molar-refractivity contribution in [3.8, 4) is 11.1 Å². The molecule has 0 unspecified atom stereocenters. The first-order valence-corrected chi connectivity index (χ1v) is 10.1. The van der Waals surface area contributed by atoms with Crippen LogP contribution in [0.1, 0.15) is 43.2 Å². The van der Waals surface area contributed by atoms with Crippen LogP contribution in [0.15, 0.2) is 53.7 Å². The number of ether oxygens (including phenoxy) is 1. The third-order valence-corrected chi connectivity index (χ3v) is 5.37. The van der Waals surface area contributed by atoms with Crippen molar-refractivity contribution in [2.24, 2.45) is 5.16 Å². The first kappa shape index (κ1) is 18.5. The van der Waals surface area contributed by atoms with E-state index < -0.39 is 0 Å². The summed E-state index contributed by atoms with van der Waals surface area (Å²) in [6, 6.07) is 17.0. The average molecular weight is 377 g/mol. The number of nitrogens with one attached hydrogen (secondary N) is 1. The molecule has 0 atom stereocenters. The molecule has 0 radical (unpaired) electrons. The van der Waals surface area contributed by atoms with E-state index >= 15 is 0 Å². The molecule has 0 amide bonds. The van der Waals surface area contributed by atoms with Gasteiger partial charge in [0.1, 0.15) is 6.61 Å². The molecule has 5 heteroatoms. The van der Waals surface area contributed by atoms with Gasteiger partial charge in [0, 0.05) is 13.1 Å². The van der Waals surface area contributed by atoms with E-state index in [0.717, 1.165) is 18.6 Å². The minimum Gasteiger partial charge on any atom is -0.462 e. The lowest BCUT2D eigenvalue weighted by molar-refractivity contribution is 0.0908. The summed E-state index contributed by atoms with van der Waals surface area (Å²) < 4.78 is 5.67. The van der Waals surface area contributed by atoms with Gasteiger partial charge in [-0.1, -0.05) is 60.1 Å². The van der Waals surface area contributed by atoms with Gasteiger partial charge in [-0.2, -0.15) is 0 Å². The highest BCUT2D eigenvalue weighted by atomic mass is 16.6. The van der Waals surface area contributed by atoms with Crippen LogP contribution in [0.5, 0.6) is 0 Å². The molecule has 1 aliphatic carbocycles. The molecular weight excluding hydrogens is 350 g/mol. The minimum absolute atomic E-state index is 0.181. The van der Waals surface area contributed by atoms with Crippen molar-refractivity contribution in [2.45, 2.75) is 45.2 Å². The third-order valence-electron chi connectivity index (χ3n) is 5.37. The first-order chi connectivity index (χ1) is 13.8. The maximum absolute atomic E-state index is 8.41. The molecule has 0 saturated heterocycles. The zero-order valence-electron chi connectivity index (χ0n) is 16.2. The van der Waals surface area contributed by atoms with Gasteiger partial charge in [0.15, 0.2) is 6.61 Å². The summed E-state index contributed by atoms with van der Waals surface area (Å²) in [5.74, 6) is 0. The monoisotopic (exact) mass is 377 g/mol. The van der Waals surface area contributed by atoms with Crippen molar-refractivity contribution in [1.82, 2.24) is 4.90 Å². The molecule has 1 N–H and O–H groups in total. The quantitative estimate of drug-likeness (QED) is 0.355. The summed E-state index contributed by atoms with van der Waals surface area (Å²) in [5, 5.41) is 12.6. The number of amidine groups is 1. The lowest BCUT2D eigenvalue weighted by atomic mass is 9.97. The average Bonchev–Trinajstić information content (AvgIpc) is 2.91. The summed E-state index contributed by atoms with van der Waals surface area (Å²) in [4.78, 5) is 7.37. The van der Waals surface area contributed by atoms with E-state index in [0.29, 0.717) is 26.3 Å². The van der Waals surface area contributed by atoms with Gasteiger partial charge in [0.05, 0.1) is 5.71 Å². The second-order valence-electron chi connectivity index (χ2n) is 7.38. The van der Waals surface area contributed by atoms with E-state index in [9.17, 15) is 0 Å². The fraction of sp³-hybridized carbons (Fsp3) is 0.391. The van der Waals surface area contributed by atoms with Gasteiger partial charge in [0.2, 0.25) is 0 Å². The summed E-state index contributed by atoms with van der Waals surface area (Å²) in [5.41, 5.74) is 6.05. The van der Waals surface area contributed by atoms with Crippen molar-refractivity contribution in [3.63, 3.8) is 0 Å². The Labute approximate surface area is 166 Å². The van der Waals surface area contributed by atoms with Crippen molar-refractivity contribution >= 4 is 11.7 Å². The number of rotatable bonds is 4. The van der Waals surface area contributed by atoms with Gasteiger partial charge in [-0.25, -0.2) is 0 Å². The predicted molar refractivity (Wildman–Crippen MR) is 111 cm³/mol. The molecule has 1 fully saturated rings. The Morgan fingerprint density at radius 2 is 1.46 bits per heavy atom. The van der Waals surface area contributed by atoms with Gasteiger partial charge >= 0.3 is 0 Å². The van der Waals surface area contributed by atoms with Gasteiger partial charge in [-0.05, 0) is 47.9 Å². The van der Waals surface area contributed by atoms with E-state index in [-0.39, 0.29) is 6.02 Å². The lowest BCUT2D eigenvalue weighted by Crippen LogP contribution is -2.31. The SMILES string of the molecule is N=C(OCCON=C1CCCCC1)N1Cc2ccccc2-c2ccccc2C1. The van der Waals surface area contributed by atoms with Crippen LogP contribution in [0.2, 0.25) is 0 Å². The standard InChI is InChI=1S/C23H27N3O2/c24-23(27-14-15-28-25-20-10-2-1-3-11-20)26-16-18-8-4-6-12-21(18)22-13-7-5-9-19(22)17-26/h4-9,12-13,24H,1-3,10-11,14-17H2. The lowest BCUT2D eigenvalue weighted by Gasteiger charge is -2.23. The van der Waals surface area contributed by atoms with Crippen LogP contribution in [0.25, 0.3) is 11.1 Å². The van der Waals surface area contributed by atoms with Crippen LogP contribution in [-0.4, -0.2) is 29.8 Å². The maximum atomic E-state index is 8.41. The first-order valence-electron chi connectivity index (χ1n) is 10.1. The van der Waals surface area contributed by atoms with Crippen LogP contribution in [0, 0.1) is 5.41 Å². The zero-order valence-corrected chi connectivity index (χ0v) is 16.2. The second kappa shape index (κ2) is 8.91. The van der Waals surface area contributed by atoms with Crippen molar-refractivity contribution in [2.75, 3.05) is 13.2 Å². The predicted octanol–water partition coefficient (Wildman–Crippen LogP) is 4.96. The Hall–Kier alpha value is -2.82. The molecule has 2 aliphatic rings. The van der Waals surface area contributed by atoms with E-state index in [1.165, 1.54) is 41.5 Å². The third kappa shape index (κ3) is 4.35. The molecule has 0 aromatic heterocycles.